The minimum Gasteiger partial charge on any atom is -0.493 e. The van der Waals surface area contributed by atoms with Crippen LogP contribution in [-0.4, -0.2) is 81.9 Å². The first-order valence-corrected chi connectivity index (χ1v) is 13.7. The van der Waals surface area contributed by atoms with Crippen LogP contribution in [0.4, 0.5) is 0 Å². The average molecular weight is 512 g/mol. The minimum absolute atomic E-state index is 0.0710. The summed E-state index contributed by atoms with van der Waals surface area (Å²) in [5.74, 6) is -0.653. The van der Waals surface area contributed by atoms with Gasteiger partial charge in [-0.25, -0.2) is 0 Å². The Balaban J connectivity index is 1.56. The zero-order valence-corrected chi connectivity index (χ0v) is 21.9. The fourth-order valence-electron chi connectivity index (χ4n) is 5.76. The quantitative estimate of drug-likeness (QED) is 0.375. The number of unbranched alkanes of at least 4 members (excludes halogenated alkanes) is 2. The van der Waals surface area contributed by atoms with Crippen LogP contribution >= 0.6 is 0 Å². The molecular weight excluding hydrogens is 470 g/mol. The third-order valence-corrected chi connectivity index (χ3v) is 7.74. The number of benzene rings is 1. The predicted molar refractivity (Wildman–Crippen MR) is 141 cm³/mol. The number of hydrogen-bond donors (Lipinski definition) is 2. The second kappa shape index (κ2) is 13.1. The molecule has 0 aliphatic carbocycles. The van der Waals surface area contributed by atoms with E-state index in [-0.39, 0.29) is 24.4 Å². The molecule has 2 aromatic rings. The van der Waals surface area contributed by atoms with Gasteiger partial charge in [-0.15, -0.1) is 0 Å². The number of ether oxygens (including phenoxy) is 1. The fourth-order valence-corrected chi connectivity index (χ4v) is 5.76. The Morgan fingerprint density at radius 1 is 1.24 bits per heavy atom. The number of amides is 1. The van der Waals surface area contributed by atoms with Crippen LogP contribution in [0.3, 0.4) is 0 Å². The summed E-state index contributed by atoms with van der Waals surface area (Å²) in [5.41, 5.74) is 7.83. The summed E-state index contributed by atoms with van der Waals surface area (Å²) in [7, 11) is 0. The first-order valence-electron chi connectivity index (χ1n) is 13.7. The smallest absolute Gasteiger partial charge is 0.308 e. The Kier molecular flexibility index (Phi) is 9.57. The van der Waals surface area contributed by atoms with Crippen molar-refractivity contribution in [1.29, 1.82) is 0 Å². The summed E-state index contributed by atoms with van der Waals surface area (Å²) in [5, 5.41) is 14.7. The van der Waals surface area contributed by atoms with E-state index in [0.29, 0.717) is 39.2 Å². The molecule has 9 heteroatoms. The van der Waals surface area contributed by atoms with Crippen molar-refractivity contribution in [3.63, 3.8) is 0 Å². The normalized spacial score (nSPS) is 21.1. The number of carboxylic acids is 1. The highest BCUT2D eigenvalue weighted by molar-refractivity contribution is 5.79. The molecule has 1 saturated heterocycles. The number of hydrogen-bond acceptors (Lipinski definition) is 6. The highest BCUT2D eigenvalue weighted by Crippen LogP contribution is 2.41. The van der Waals surface area contributed by atoms with Crippen LogP contribution in [-0.2, 0) is 22.6 Å². The number of aryl methyl sites for hydroxylation is 1. The summed E-state index contributed by atoms with van der Waals surface area (Å²) in [6, 6.07) is 7.68. The topological polar surface area (TPSA) is 114 Å². The molecule has 2 aliphatic rings. The van der Waals surface area contributed by atoms with E-state index in [1.54, 1.807) is 6.20 Å². The highest BCUT2D eigenvalue weighted by atomic mass is 16.5. The maximum absolute atomic E-state index is 13.5. The monoisotopic (exact) mass is 511 g/mol. The Morgan fingerprint density at radius 3 is 2.81 bits per heavy atom. The van der Waals surface area contributed by atoms with Crippen LogP contribution in [0.2, 0.25) is 0 Å². The average Bonchev–Trinajstić information content (AvgIpc) is 3.64. The van der Waals surface area contributed by atoms with E-state index in [1.165, 1.54) is 0 Å². The van der Waals surface area contributed by atoms with E-state index in [9.17, 15) is 14.7 Å². The maximum atomic E-state index is 13.5. The Labute approximate surface area is 219 Å². The van der Waals surface area contributed by atoms with Crippen LogP contribution in [0, 0.1) is 5.92 Å². The van der Waals surface area contributed by atoms with Crippen LogP contribution < -0.4 is 10.5 Å². The van der Waals surface area contributed by atoms with Gasteiger partial charge in [0.25, 0.3) is 0 Å². The fraction of sp³-hybridized carbons (Fsp3) is 0.607. The van der Waals surface area contributed by atoms with Gasteiger partial charge in [0, 0.05) is 57.0 Å². The Morgan fingerprint density at radius 2 is 2.08 bits per heavy atom. The summed E-state index contributed by atoms with van der Waals surface area (Å²) in [4.78, 5) is 30.3. The summed E-state index contributed by atoms with van der Waals surface area (Å²) in [6.07, 6.45) is 8.81. The van der Waals surface area contributed by atoms with Gasteiger partial charge in [-0.2, -0.15) is 5.10 Å². The molecule has 3 N–H and O–H groups in total. The number of fused-ring (bicyclic) bond motifs is 1. The molecule has 3 atom stereocenters. The van der Waals surface area contributed by atoms with Gasteiger partial charge in [-0.3, -0.25) is 19.2 Å². The summed E-state index contributed by atoms with van der Waals surface area (Å²) in [6.45, 7) is 6.19. The maximum Gasteiger partial charge on any atom is 0.308 e. The van der Waals surface area contributed by atoms with Gasteiger partial charge in [0.1, 0.15) is 5.75 Å². The third kappa shape index (κ3) is 6.70. The van der Waals surface area contributed by atoms with E-state index in [4.69, 9.17) is 10.5 Å². The van der Waals surface area contributed by atoms with Gasteiger partial charge >= 0.3 is 5.97 Å². The van der Waals surface area contributed by atoms with E-state index in [2.05, 4.69) is 23.0 Å². The van der Waals surface area contributed by atoms with Gasteiger partial charge in [0.2, 0.25) is 5.91 Å². The first kappa shape index (κ1) is 27.1. The van der Waals surface area contributed by atoms with E-state index < -0.39 is 11.9 Å². The number of aromatic nitrogens is 2. The minimum atomic E-state index is -0.812. The zero-order chi connectivity index (χ0) is 26.2. The lowest BCUT2D eigenvalue weighted by molar-refractivity contribution is -0.144. The lowest BCUT2D eigenvalue weighted by Crippen LogP contribution is -2.45. The number of carbonyl (C=O) groups excluding carboxylic acids is 1. The van der Waals surface area contributed by atoms with Gasteiger partial charge in [0.15, 0.2) is 0 Å². The van der Waals surface area contributed by atoms with Gasteiger partial charge < -0.3 is 20.5 Å². The van der Waals surface area contributed by atoms with Crippen molar-refractivity contribution in [2.45, 2.75) is 64.0 Å². The van der Waals surface area contributed by atoms with Crippen molar-refractivity contribution in [3.8, 4) is 5.75 Å². The van der Waals surface area contributed by atoms with E-state index >= 15 is 0 Å². The van der Waals surface area contributed by atoms with Crippen molar-refractivity contribution < 1.29 is 19.4 Å². The molecule has 1 fully saturated rings. The third-order valence-electron chi connectivity index (χ3n) is 7.74. The Hall–Kier alpha value is -2.91. The van der Waals surface area contributed by atoms with Gasteiger partial charge in [-0.05, 0) is 55.5 Å². The molecule has 202 valence electrons. The highest BCUT2D eigenvalue weighted by Gasteiger charge is 2.47. The number of carbonyl (C=O) groups is 2. The summed E-state index contributed by atoms with van der Waals surface area (Å²) >= 11 is 0. The lowest BCUT2D eigenvalue weighted by Gasteiger charge is -2.29. The molecule has 1 aromatic heterocycles. The second-order valence-electron chi connectivity index (χ2n) is 10.2. The standard InChI is InChI=1S/C28H41N5O4/c1-2-3-13-31(14-5-4-11-29)26(34)20-32-19-23(21-7-8-25-22(18-21)10-17-37-25)27(28(35)36)24(32)9-16-33-15-6-12-30-33/h6-8,12,15,18,23-24,27H,2-5,9-11,13-14,16-17,19-20,29H2,1H3,(H,35,36)/t23-,24+,27?/m1/s1. The molecule has 0 spiro atoms. The number of nitrogens with two attached hydrogens (primary N) is 1. The first-order chi connectivity index (χ1) is 18.0. The zero-order valence-electron chi connectivity index (χ0n) is 21.9. The number of likely N-dealkylation sites (tertiary alicyclic amines) is 1. The van der Waals surface area contributed by atoms with Crippen molar-refractivity contribution >= 4 is 11.9 Å². The number of nitrogens with zero attached hydrogens (tertiary/aromatic N) is 4. The van der Waals surface area contributed by atoms with E-state index in [1.807, 2.05) is 34.0 Å². The molecule has 1 amide bonds. The van der Waals surface area contributed by atoms with Crippen LogP contribution in [0.25, 0.3) is 0 Å². The van der Waals surface area contributed by atoms with Crippen LogP contribution in [0.1, 0.15) is 56.1 Å². The molecule has 9 nitrogen and oxygen atoms in total. The summed E-state index contributed by atoms with van der Waals surface area (Å²) < 4.78 is 7.50. The molecule has 37 heavy (non-hydrogen) atoms. The molecule has 1 unspecified atom stereocenters. The van der Waals surface area contributed by atoms with Crippen molar-refractivity contribution in [1.82, 2.24) is 19.6 Å². The molecular formula is C28H41N5O4. The number of rotatable bonds is 14. The number of aliphatic carboxylic acids is 1. The molecule has 3 heterocycles. The van der Waals surface area contributed by atoms with Gasteiger partial charge in [0.05, 0.1) is 19.1 Å². The predicted octanol–water partition coefficient (Wildman–Crippen LogP) is 2.74. The largest absolute Gasteiger partial charge is 0.493 e. The molecule has 2 aliphatic heterocycles. The molecule has 0 bridgehead atoms. The lowest BCUT2D eigenvalue weighted by atomic mass is 9.83. The molecule has 0 saturated carbocycles. The Bertz CT molecular complexity index is 1030. The SMILES string of the molecule is CCCCN(CCCCN)C(=O)CN1C[C@H](c2ccc3c(c2)CCO3)C(C(=O)O)[C@@H]1CCn1cccn1. The van der Waals surface area contributed by atoms with Crippen molar-refractivity contribution in [3.05, 3.63) is 47.8 Å². The van der Waals surface area contributed by atoms with Crippen LogP contribution in [0.5, 0.6) is 5.75 Å². The van der Waals surface area contributed by atoms with E-state index in [0.717, 1.165) is 55.5 Å². The molecule has 4 rings (SSSR count). The van der Waals surface area contributed by atoms with Gasteiger partial charge in [-0.1, -0.05) is 25.5 Å². The van der Waals surface area contributed by atoms with Crippen LogP contribution in [0.15, 0.2) is 36.7 Å². The molecule has 0 radical (unpaired) electrons. The second-order valence-corrected chi connectivity index (χ2v) is 10.2. The van der Waals surface area contributed by atoms with Crippen molar-refractivity contribution in [2.75, 3.05) is 39.3 Å². The van der Waals surface area contributed by atoms with Crippen molar-refractivity contribution in [2.24, 2.45) is 11.7 Å². The number of carboxylic acid groups (broad SMARTS) is 1. The molecule has 1 aromatic carbocycles.